The van der Waals surface area contributed by atoms with Gasteiger partial charge in [-0.25, -0.2) is 14.8 Å². The molecule has 2 aliphatic rings. The molecule has 1 atom stereocenters. The molecule has 36 heavy (non-hydrogen) atoms. The molecule has 0 aromatic carbocycles. The first kappa shape index (κ1) is 23.5. The molecule has 2 amide bonds. The molecule has 9 nitrogen and oxygen atoms in total. The zero-order valence-electron chi connectivity index (χ0n) is 20.8. The van der Waals surface area contributed by atoms with Gasteiger partial charge in [0.1, 0.15) is 5.82 Å². The van der Waals surface area contributed by atoms with E-state index in [0.29, 0.717) is 11.6 Å². The summed E-state index contributed by atoms with van der Waals surface area (Å²) in [5, 5.41) is 7.36. The maximum Gasteiger partial charge on any atom is 0.329 e. The van der Waals surface area contributed by atoms with Gasteiger partial charge < -0.3 is 4.90 Å². The summed E-state index contributed by atoms with van der Waals surface area (Å²) >= 11 is 0. The molecule has 1 saturated heterocycles. The Kier molecular flexibility index (Phi) is 6.37. The first-order valence-electron chi connectivity index (χ1n) is 12.2. The predicted octanol–water partition coefficient (Wildman–Crippen LogP) is 5.00. The van der Waals surface area contributed by atoms with E-state index in [-0.39, 0.29) is 12.1 Å². The second-order valence-corrected chi connectivity index (χ2v) is 8.93. The molecule has 184 valence electrons. The Balaban J connectivity index is 1.46. The lowest BCUT2D eigenvalue weighted by atomic mass is 10.1. The first-order valence-corrected chi connectivity index (χ1v) is 12.2. The fourth-order valence-corrected chi connectivity index (χ4v) is 4.74. The molecular weight excluding hydrogens is 452 g/mol. The van der Waals surface area contributed by atoms with E-state index in [4.69, 9.17) is 4.98 Å². The number of aliphatic imine (C=N–C) groups is 1. The van der Waals surface area contributed by atoms with Gasteiger partial charge in [-0.1, -0.05) is 6.08 Å². The molecule has 5 heterocycles. The molecule has 0 unspecified atom stereocenters. The van der Waals surface area contributed by atoms with Crippen LogP contribution in [-0.4, -0.2) is 51.6 Å². The molecule has 0 aliphatic carbocycles. The lowest BCUT2D eigenvalue weighted by Crippen LogP contribution is -2.48. The van der Waals surface area contributed by atoms with Crippen LogP contribution < -0.4 is 15.1 Å². The Morgan fingerprint density at radius 1 is 1.31 bits per heavy atom. The summed E-state index contributed by atoms with van der Waals surface area (Å²) in [5.74, 6) is 1.15. The van der Waals surface area contributed by atoms with Gasteiger partial charge in [0.15, 0.2) is 5.82 Å². The van der Waals surface area contributed by atoms with Crippen LogP contribution >= 0.6 is 0 Å². The van der Waals surface area contributed by atoms with Crippen molar-refractivity contribution in [3.05, 3.63) is 66.4 Å². The molecule has 5 rings (SSSR count). The van der Waals surface area contributed by atoms with E-state index >= 15 is 0 Å². The van der Waals surface area contributed by atoms with Crippen LogP contribution in [0.2, 0.25) is 0 Å². The number of pyridine rings is 2. The van der Waals surface area contributed by atoms with Crippen LogP contribution in [0.25, 0.3) is 16.7 Å². The topological polar surface area (TPSA) is 91.5 Å². The van der Waals surface area contributed by atoms with Crippen LogP contribution in [-0.2, 0) is 6.54 Å². The fraction of sp³-hybridized carbons (Fsp3) is 0.296. The molecule has 3 aromatic rings. The van der Waals surface area contributed by atoms with E-state index in [1.807, 2.05) is 68.2 Å². The van der Waals surface area contributed by atoms with Gasteiger partial charge in [-0.05, 0) is 75.4 Å². The lowest BCUT2D eigenvalue weighted by Gasteiger charge is -2.35. The number of amides is 2. The summed E-state index contributed by atoms with van der Waals surface area (Å²) in [7, 11) is 0. The quantitative estimate of drug-likeness (QED) is 0.394. The number of urea groups is 1. The number of nitrogens with one attached hydrogen (secondary N) is 1. The van der Waals surface area contributed by atoms with Gasteiger partial charge in [0.25, 0.3) is 0 Å². The van der Waals surface area contributed by atoms with Gasteiger partial charge in [0.05, 0.1) is 23.6 Å². The Bertz CT molecular complexity index is 1370. The monoisotopic (exact) mass is 482 g/mol. The van der Waals surface area contributed by atoms with Crippen molar-refractivity contribution < 1.29 is 4.79 Å². The predicted molar refractivity (Wildman–Crippen MR) is 144 cm³/mol. The number of fused-ring (bicyclic) bond motifs is 4. The van der Waals surface area contributed by atoms with E-state index in [1.54, 1.807) is 11.1 Å². The number of carbonyl (C=O) groups is 1. The molecule has 0 radical (unpaired) electrons. The van der Waals surface area contributed by atoms with Crippen LogP contribution in [0.1, 0.15) is 32.9 Å². The molecule has 3 aromatic heterocycles. The minimum absolute atomic E-state index is 0.0485. The van der Waals surface area contributed by atoms with Gasteiger partial charge >= 0.3 is 6.03 Å². The number of nitrogens with zero attached hydrogens (tertiary/aromatic N) is 7. The van der Waals surface area contributed by atoms with E-state index in [1.165, 1.54) is 0 Å². The van der Waals surface area contributed by atoms with Gasteiger partial charge in [0, 0.05) is 43.3 Å². The van der Waals surface area contributed by atoms with Crippen LogP contribution in [0.15, 0.2) is 65.7 Å². The maximum absolute atomic E-state index is 13.6. The third-order valence-corrected chi connectivity index (χ3v) is 6.68. The highest BCUT2D eigenvalue weighted by atomic mass is 16.2. The number of aryl methyl sites for hydroxylation is 1. The second kappa shape index (κ2) is 9.77. The van der Waals surface area contributed by atoms with Crippen molar-refractivity contribution in [1.29, 1.82) is 0 Å². The minimum atomic E-state index is -0.233. The normalized spacial score (nSPS) is 17.2. The molecule has 1 fully saturated rings. The highest BCUT2D eigenvalue weighted by Gasteiger charge is 2.40. The molecule has 9 heteroatoms. The van der Waals surface area contributed by atoms with Crippen molar-refractivity contribution >= 4 is 35.6 Å². The number of hydrogen-bond acceptors (Lipinski definition) is 6. The maximum atomic E-state index is 13.6. The summed E-state index contributed by atoms with van der Waals surface area (Å²) in [5.41, 5.74) is 5.41. The van der Waals surface area contributed by atoms with Crippen LogP contribution in [0.5, 0.6) is 0 Å². The van der Waals surface area contributed by atoms with E-state index in [2.05, 4.69) is 38.1 Å². The SMILES string of the molecule is C=N/C(C)=C\C(=C/C)c1ccc2c(n1)N(C(=O)Nc1cc(-c3cnn(CC)c3)ccn1)[C@H]1CCN2C1. The molecule has 2 bridgehead atoms. The summed E-state index contributed by atoms with van der Waals surface area (Å²) in [4.78, 5) is 31.1. The zero-order chi connectivity index (χ0) is 25.2. The largest absolute Gasteiger partial charge is 0.366 e. The molecule has 1 N–H and O–H groups in total. The van der Waals surface area contributed by atoms with Gasteiger partial charge in [-0.15, -0.1) is 0 Å². The Hall–Kier alpha value is -4.27. The number of allylic oxidation sites excluding steroid dienone is 4. The molecule has 0 spiro atoms. The average molecular weight is 483 g/mol. The molecular formula is C27H30N8O. The van der Waals surface area contributed by atoms with Crippen molar-refractivity contribution in [2.24, 2.45) is 4.99 Å². The van der Waals surface area contributed by atoms with Crippen LogP contribution in [0.4, 0.5) is 22.1 Å². The Labute approximate surface area is 210 Å². The van der Waals surface area contributed by atoms with Gasteiger partial charge in [-0.2, -0.15) is 5.10 Å². The first-order chi connectivity index (χ1) is 17.5. The van der Waals surface area contributed by atoms with Crippen molar-refractivity contribution in [2.75, 3.05) is 28.2 Å². The number of aromatic nitrogens is 4. The molecule has 0 saturated carbocycles. The number of anilines is 3. The summed E-state index contributed by atoms with van der Waals surface area (Å²) in [6.07, 6.45) is 10.3. The van der Waals surface area contributed by atoms with Crippen molar-refractivity contribution in [3.63, 3.8) is 0 Å². The second-order valence-electron chi connectivity index (χ2n) is 8.93. The van der Waals surface area contributed by atoms with Crippen molar-refractivity contribution in [1.82, 2.24) is 19.7 Å². The molecule has 2 aliphatic heterocycles. The van der Waals surface area contributed by atoms with Crippen molar-refractivity contribution in [3.8, 4) is 11.1 Å². The Morgan fingerprint density at radius 3 is 2.92 bits per heavy atom. The van der Waals surface area contributed by atoms with Gasteiger partial charge in [-0.3, -0.25) is 19.9 Å². The third kappa shape index (κ3) is 4.39. The van der Waals surface area contributed by atoms with Crippen LogP contribution in [0.3, 0.4) is 0 Å². The Morgan fingerprint density at radius 2 is 2.17 bits per heavy atom. The highest BCUT2D eigenvalue weighted by Crippen LogP contribution is 2.40. The summed E-state index contributed by atoms with van der Waals surface area (Å²) in [6.45, 7) is 12.0. The smallest absolute Gasteiger partial charge is 0.329 e. The minimum Gasteiger partial charge on any atom is -0.366 e. The van der Waals surface area contributed by atoms with Gasteiger partial charge in [0.2, 0.25) is 0 Å². The lowest BCUT2D eigenvalue weighted by molar-refractivity contribution is 0.254. The highest BCUT2D eigenvalue weighted by molar-refractivity contribution is 6.04. The van der Waals surface area contributed by atoms with E-state index in [9.17, 15) is 4.79 Å². The van der Waals surface area contributed by atoms with Crippen LogP contribution in [0, 0.1) is 0 Å². The fourth-order valence-electron chi connectivity index (χ4n) is 4.74. The standard InChI is InChI=1S/C27H30N8O/c1-5-19(13-18(3)28-4)23-7-8-24-26(31-23)35(22-10-12-33(24)17-22)27(36)32-25-14-20(9-11-29-25)21-15-30-34(6-2)16-21/h5,7-9,11,13-16,22H,4,6,10,12,17H2,1-3H3,(H,29,32,36)/b18-13-,19-5+/t22-/m0/s1. The third-order valence-electron chi connectivity index (χ3n) is 6.68. The summed E-state index contributed by atoms with van der Waals surface area (Å²) in [6, 6.07) is 7.65. The average Bonchev–Trinajstić information content (AvgIpc) is 3.55. The van der Waals surface area contributed by atoms with Crippen molar-refractivity contribution in [2.45, 2.75) is 39.8 Å². The number of hydrogen-bond donors (Lipinski definition) is 1. The summed E-state index contributed by atoms with van der Waals surface area (Å²) < 4.78 is 1.87. The van der Waals surface area contributed by atoms with E-state index < -0.39 is 0 Å². The zero-order valence-corrected chi connectivity index (χ0v) is 20.8. The number of rotatable bonds is 6. The number of carbonyl (C=O) groups excluding carboxylic acids is 1. The van der Waals surface area contributed by atoms with E-state index in [0.717, 1.165) is 59.8 Å².